The molecule has 4 heteroatoms. The molecule has 0 aliphatic rings. The molecular formula is C8H10N2OS. The number of rotatable bonds is 3. The van der Waals surface area contributed by atoms with Gasteiger partial charge in [0, 0.05) is 5.69 Å². The second-order valence-electron chi connectivity index (χ2n) is 2.40. The van der Waals surface area contributed by atoms with Gasteiger partial charge in [-0.1, -0.05) is 0 Å². The minimum absolute atomic E-state index is 0.464. The van der Waals surface area contributed by atoms with Crippen molar-refractivity contribution < 1.29 is 4.79 Å². The van der Waals surface area contributed by atoms with Gasteiger partial charge in [0.05, 0.1) is 5.75 Å². The highest BCUT2D eigenvalue weighted by atomic mass is 32.2. The van der Waals surface area contributed by atoms with Gasteiger partial charge in [-0.3, -0.25) is 4.79 Å². The van der Waals surface area contributed by atoms with Gasteiger partial charge in [0.15, 0.2) is 6.29 Å². The minimum Gasteiger partial charge on any atom is -0.296 e. The molecule has 64 valence electrons. The smallest absolute Gasteiger partial charge is 0.168 e. The first-order chi connectivity index (χ1) is 5.76. The van der Waals surface area contributed by atoms with E-state index >= 15 is 0 Å². The molecule has 0 N–H and O–H groups in total. The Kier molecular flexibility index (Phi) is 3.22. The van der Waals surface area contributed by atoms with Gasteiger partial charge < -0.3 is 0 Å². The summed E-state index contributed by atoms with van der Waals surface area (Å²) in [6.45, 7) is 1.86. The van der Waals surface area contributed by atoms with Gasteiger partial charge in [0.25, 0.3) is 0 Å². The van der Waals surface area contributed by atoms with E-state index in [4.69, 9.17) is 0 Å². The fraction of sp³-hybridized carbons (Fsp3) is 0.375. The summed E-state index contributed by atoms with van der Waals surface area (Å²) in [6, 6.07) is 1.68. The summed E-state index contributed by atoms with van der Waals surface area (Å²) in [4.78, 5) is 18.6. The van der Waals surface area contributed by atoms with Gasteiger partial charge in [0.2, 0.25) is 0 Å². The number of aryl methyl sites for hydroxylation is 1. The lowest BCUT2D eigenvalue weighted by atomic mass is 10.3. The van der Waals surface area contributed by atoms with Crippen molar-refractivity contribution in [2.45, 2.75) is 12.7 Å². The van der Waals surface area contributed by atoms with Crippen LogP contribution in [0.4, 0.5) is 0 Å². The molecule has 0 aromatic carbocycles. The van der Waals surface area contributed by atoms with E-state index in [0.29, 0.717) is 5.69 Å². The standard InChI is InChI=1S/C8H10N2OS/c1-6-3-7(4-11)10-8(9-6)5-12-2/h3-4H,5H2,1-2H3. The van der Waals surface area contributed by atoms with Crippen LogP contribution in [-0.2, 0) is 5.75 Å². The van der Waals surface area contributed by atoms with Crippen LogP contribution in [0.25, 0.3) is 0 Å². The number of aldehydes is 1. The predicted molar refractivity (Wildman–Crippen MR) is 49.4 cm³/mol. The van der Waals surface area contributed by atoms with Gasteiger partial charge in [-0.05, 0) is 19.2 Å². The second-order valence-corrected chi connectivity index (χ2v) is 3.27. The van der Waals surface area contributed by atoms with Crippen molar-refractivity contribution in [2.75, 3.05) is 6.26 Å². The van der Waals surface area contributed by atoms with Crippen LogP contribution in [0.3, 0.4) is 0 Å². The van der Waals surface area contributed by atoms with Crippen LogP contribution in [0.5, 0.6) is 0 Å². The number of hydrogen-bond acceptors (Lipinski definition) is 4. The first-order valence-corrected chi connectivity index (χ1v) is 4.94. The number of carbonyl (C=O) groups excluding carboxylic acids is 1. The SMILES string of the molecule is CSCc1nc(C)cc(C=O)n1. The predicted octanol–water partition coefficient (Wildman–Crippen LogP) is 1.46. The van der Waals surface area contributed by atoms with Crippen LogP contribution >= 0.6 is 11.8 Å². The summed E-state index contributed by atoms with van der Waals surface area (Å²) in [6.07, 6.45) is 2.73. The van der Waals surface area contributed by atoms with Crippen molar-refractivity contribution in [2.24, 2.45) is 0 Å². The molecule has 0 aliphatic heterocycles. The third kappa shape index (κ3) is 2.30. The quantitative estimate of drug-likeness (QED) is 0.664. The maximum atomic E-state index is 10.4. The van der Waals surface area contributed by atoms with Crippen molar-refractivity contribution in [1.29, 1.82) is 0 Å². The lowest BCUT2D eigenvalue weighted by molar-refractivity contribution is 0.111. The molecule has 0 unspecified atom stereocenters. The second kappa shape index (κ2) is 4.21. The zero-order chi connectivity index (χ0) is 8.97. The molecular weight excluding hydrogens is 172 g/mol. The van der Waals surface area contributed by atoms with E-state index in [1.807, 2.05) is 13.2 Å². The Morgan fingerprint density at radius 2 is 2.33 bits per heavy atom. The molecule has 0 amide bonds. The third-order valence-corrected chi connectivity index (χ3v) is 1.86. The van der Waals surface area contributed by atoms with Crippen LogP contribution in [-0.4, -0.2) is 22.5 Å². The summed E-state index contributed by atoms with van der Waals surface area (Å²) in [7, 11) is 0. The van der Waals surface area contributed by atoms with Crippen LogP contribution < -0.4 is 0 Å². The Balaban J connectivity index is 2.97. The molecule has 12 heavy (non-hydrogen) atoms. The molecule has 0 atom stereocenters. The van der Waals surface area contributed by atoms with Crippen molar-refractivity contribution >= 4 is 18.0 Å². The van der Waals surface area contributed by atoms with Crippen LogP contribution in [0, 0.1) is 6.92 Å². The fourth-order valence-corrected chi connectivity index (χ4v) is 1.30. The number of nitrogens with zero attached hydrogens (tertiary/aromatic N) is 2. The number of aromatic nitrogens is 2. The number of thioether (sulfide) groups is 1. The lowest BCUT2D eigenvalue weighted by Crippen LogP contribution is -1.98. The first-order valence-electron chi connectivity index (χ1n) is 3.55. The van der Waals surface area contributed by atoms with Gasteiger partial charge >= 0.3 is 0 Å². The van der Waals surface area contributed by atoms with Crippen molar-refractivity contribution in [3.8, 4) is 0 Å². The average Bonchev–Trinajstić information content (AvgIpc) is 2.04. The fourth-order valence-electron chi connectivity index (χ4n) is 0.910. The summed E-state index contributed by atoms with van der Waals surface area (Å²) in [5.74, 6) is 1.48. The largest absolute Gasteiger partial charge is 0.296 e. The van der Waals surface area contributed by atoms with Gasteiger partial charge in [-0.15, -0.1) is 0 Å². The Morgan fingerprint density at radius 1 is 1.58 bits per heavy atom. The Bertz CT molecular complexity index is 288. The highest BCUT2D eigenvalue weighted by Crippen LogP contribution is 2.05. The van der Waals surface area contributed by atoms with E-state index in [1.165, 1.54) is 0 Å². The maximum Gasteiger partial charge on any atom is 0.168 e. The Labute approximate surface area is 75.6 Å². The molecule has 0 aliphatic carbocycles. The van der Waals surface area contributed by atoms with Gasteiger partial charge in [-0.25, -0.2) is 9.97 Å². The zero-order valence-corrected chi connectivity index (χ0v) is 7.89. The molecule has 0 radical (unpaired) electrons. The Hall–Kier alpha value is -0.900. The lowest BCUT2D eigenvalue weighted by Gasteiger charge is -1.99. The van der Waals surface area contributed by atoms with E-state index in [-0.39, 0.29) is 0 Å². The van der Waals surface area contributed by atoms with Crippen molar-refractivity contribution in [3.05, 3.63) is 23.3 Å². The normalized spacial score (nSPS) is 9.83. The molecule has 1 rings (SSSR count). The number of carbonyl (C=O) groups is 1. The highest BCUT2D eigenvalue weighted by Gasteiger charge is 1.99. The van der Waals surface area contributed by atoms with Crippen LogP contribution in [0.15, 0.2) is 6.07 Å². The Morgan fingerprint density at radius 3 is 2.92 bits per heavy atom. The van der Waals surface area contributed by atoms with Crippen molar-refractivity contribution in [1.82, 2.24) is 9.97 Å². The molecule has 0 saturated carbocycles. The summed E-state index contributed by atoms with van der Waals surface area (Å²) in [5.41, 5.74) is 1.31. The summed E-state index contributed by atoms with van der Waals surface area (Å²) >= 11 is 1.64. The topological polar surface area (TPSA) is 42.9 Å². The first kappa shape index (κ1) is 9.19. The molecule has 1 aromatic heterocycles. The summed E-state index contributed by atoms with van der Waals surface area (Å²) in [5, 5.41) is 0. The molecule has 0 bridgehead atoms. The van der Waals surface area contributed by atoms with Crippen LogP contribution in [0.1, 0.15) is 22.0 Å². The van der Waals surface area contributed by atoms with E-state index in [0.717, 1.165) is 23.6 Å². The number of hydrogen-bond donors (Lipinski definition) is 0. The monoisotopic (exact) mass is 182 g/mol. The van der Waals surface area contributed by atoms with Crippen LogP contribution in [0.2, 0.25) is 0 Å². The van der Waals surface area contributed by atoms with E-state index in [1.54, 1.807) is 17.8 Å². The molecule has 1 heterocycles. The van der Waals surface area contributed by atoms with E-state index in [2.05, 4.69) is 9.97 Å². The minimum atomic E-state index is 0.464. The van der Waals surface area contributed by atoms with E-state index < -0.39 is 0 Å². The molecule has 0 saturated heterocycles. The van der Waals surface area contributed by atoms with Crippen molar-refractivity contribution in [3.63, 3.8) is 0 Å². The van der Waals surface area contributed by atoms with Gasteiger partial charge in [0.1, 0.15) is 11.5 Å². The molecule has 0 fully saturated rings. The van der Waals surface area contributed by atoms with E-state index in [9.17, 15) is 4.79 Å². The molecule has 0 spiro atoms. The van der Waals surface area contributed by atoms with Gasteiger partial charge in [-0.2, -0.15) is 11.8 Å². The molecule has 3 nitrogen and oxygen atoms in total. The maximum absolute atomic E-state index is 10.4. The molecule has 1 aromatic rings. The highest BCUT2D eigenvalue weighted by molar-refractivity contribution is 7.97. The average molecular weight is 182 g/mol. The summed E-state index contributed by atoms with van der Waals surface area (Å²) < 4.78 is 0. The zero-order valence-electron chi connectivity index (χ0n) is 7.07. The third-order valence-electron chi connectivity index (χ3n) is 1.31.